The minimum atomic E-state index is 0.220. The molecule has 98 valence electrons. The fourth-order valence-corrected chi connectivity index (χ4v) is 2.72. The van der Waals surface area contributed by atoms with Gasteiger partial charge in [0.1, 0.15) is 0 Å². The highest BCUT2D eigenvalue weighted by atomic mass is 16.5. The Labute approximate surface area is 103 Å². The number of rotatable bonds is 3. The number of ether oxygens (including phenoxy) is 1. The van der Waals surface area contributed by atoms with Gasteiger partial charge in [0.2, 0.25) is 5.91 Å². The van der Waals surface area contributed by atoms with E-state index in [1.54, 1.807) is 0 Å². The summed E-state index contributed by atoms with van der Waals surface area (Å²) < 4.78 is 5.38. The summed E-state index contributed by atoms with van der Waals surface area (Å²) >= 11 is 0. The van der Waals surface area contributed by atoms with Crippen molar-refractivity contribution in [2.45, 2.75) is 38.6 Å². The third-order valence-corrected chi connectivity index (χ3v) is 3.86. The molecule has 3 atom stereocenters. The highest BCUT2D eigenvalue weighted by Crippen LogP contribution is 2.16. The molecule has 0 aliphatic carbocycles. The number of carbonyl (C=O) groups is 1. The summed E-state index contributed by atoms with van der Waals surface area (Å²) in [5.41, 5.74) is 0. The summed E-state index contributed by atoms with van der Waals surface area (Å²) in [6.45, 7) is 5.80. The van der Waals surface area contributed by atoms with Crippen LogP contribution in [0.3, 0.4) is 0 Å². The largest absolute Gasteiger partial charge is 0.381 e. The smallest absolute Gasteiger partial charge is 0.220 e. The first-order valence-electron chi connectivity index (χ1n) is 6.83. The molecule has 0 aromatic heterocycles. The Hall–Kier alpha value is -0.610. The minimum absolute atomic E-state index is 0.220. The molecular weight excluding hydrogens is 216 g/mol. The molecule has 0 bridgehead atoms. The van der Waals surface area contributed by atoms with Gasteiger partial charge in [-0.25, -0.2) is 0 Å². The van der Waals surface area contributed by atoms with Crippen molar-refractivity contribution in [2.24, 2.45) is 11.8 Å². The van der Waals surface area contributed by atoms with Crippen molar-refractivity contribution in [1.82, 2.24) is 10.6 Å². The summed E-state index contributed by atoms with van der Waals surface area (Å²) in [5.74, 6) is 1.19. The Morgan fingerprint density at radius 2 is 2.35 bits per heavy atom. The molecule has 0 radical (unpaired) electrons. The van der Waals surface area contributed by atoms with Crippen molar-refractivity contribution in [3.05, 3.63) is 0 Å². The van der Waals surface area contributed by atoms with Gasteiger partial charge in [-0.3, -0.25) is 4.79 Å². The molecule has 2 fully saturated rings. The predicted molar refractivity (Wildman–Crippen MR) is 66.7 cm³/mol. The van der Waals surface area contributed by atoms with Crippen molar-refractivity contribution in [2.75, 3.05) is 26.3 Å². The molecule has 2 rings (SSSR count). The summed E-state index contributed by atoms with van der Waals surface area (Å²) in [5, 5.41) is 6.52. The van der Waals surface area contributed by atoms with Crippen LogP contribution in [0.1, 0.15) is 32.6 Å². The van der Waals surface area contributed by atoms with Gasteiger partial charge in [0.25, 0.3) is 0 Å². The van der Waals surface area contributed by atoms with Gasteiger partial charge in [-0.2, -0.15) is 0 Å². The second kappa shape index (κ2) is 6.36. The van der Waals surface area contributed by atoms with Crippen LogP contribution in [-0.2, 0) is 9.53 Å². The molecule has 1 amide bonds. The Morgan fingerprint density at radius 1 is 1.47 bits per heavy atom. The number of piperidine rings is 1. The van der Waals surface area contributed by atoms with Crippen LogP contribution >= 0.6 is 0 Å². The second-order valence-electron chi connectivity index (χ2n) is 5.43. The normalized spacial score (nSPS) is 34.3. The van der Waals surface area contributed by atoms with Gasteiger partial charge in [-0.05, 0) is 44.2 Å². The van der Waals surface area contributed by atoms with Crippen LogP contribution in [0.5, 0.6) is 0 Å². The third-order valence-electron chi connectivity index (χ3n) is 3.86. The van der Waals surface area contributed by atoms with E-state index in [1.165, 1.54) is 12.8 Å². The molecule has 0 aromatic carbocycles. The molecule has 2 N–H and O–H groups in total. The zero-order chi connectivity index (χ0) is 12.1. The summed E-state index contributed by atoms with van der Waals surface area (Å²) in [6.07, 6.45) is 4.02. The lowest BCUT2D eigenvalue weighted by Crippen LogP contribution is -2.45. The number of hydrogen-bond donors (Lipinski definition) is 2. The molecule has 0 saturated carbocycles. The van der Waals surface area contributed by atoms with E-state index < -0.39 is 0 Å². The van der Waals surface area contributed by atoms with Crippen LogP contribution in [0, 0.1) is 11.8 Å². The van der Waals surface area contributed by atoms with Crippen molar-refractivity contribution in [3.8, 4) is 0 Å². The van der Waals surface area contributed by atoms with E-state index in [0.29, 0.717) is 24.3 Å². The molecule has 2 aliphatic rings. The zero-order valence-electron chi connectivity index (χ0n) is 10.7. The lowest BCUT2D eigenvalue weighted by molar-refractivity contribution is -0.124. The third kappa shape index (κ3) is 3.96. The zero-order valence-corrected chi connectivity index (χ0v) is 10.7. The van der Waals surface area contributed by atoms with Crippen LogP contribution in [-0.4, -0.2) is 38.3 Å². The topological polar surface area (TPSA) is 50.4 Å². The maximum atomic E-state index is 11.9. The lowest BCUT2D eigenvalue weighted by Gasteiger charge is -2.30. The van der Waals surface area contributed by atoms with Gasteiger partial charge >= 0.3 is 0 Å². The van der Waals surface area contributed by atoms with E-state index in [9.17, 15) is 4.79 Å². The van der Waals surface area contributed by atoms with Crippen molar-refractivity contribution in [1.29, 1.82) is 0 Å². The highest BCUT2D eigenvalue weighted by molar-refractivity contribution is 5.76. The molecule has 4 heteroatoms. The van der Waals surface area contributed by atoms with Crippen LogP contribution in [0.25, 0.3) is 0 Å². The Kier molecular flexibility index (Phi) is 4.80. The lowest BCUT2D eigenvalue weighted by atomic mass is 9.94. The van der Waals surface area contributed by atoms with Crippen molar-refractivity contribution < 1.29 is 9.53 Å². The summed E-state index contributed by atoms with van der Waals surface area (Å²) in [7, 11) is 0. The van der Waals surface area contributed by atoms with Gasteiger partial charge in [0, 0.05) is 19.1 Å². The van der Waals surface area contributed by atoms with Crippen molar-refractivity contribution in [3.63, 3.8) is 0 Å². The molecule has 2 saturated heterocycles. The van der Waals surface area contributed by atoms with Crippen LogP contribution in [0.15, 0.2) is 0 Å². The molecule has 2 aliphatic heterocycles. The van der Waals surface area contributed by atoms with E-state index in [4.69, 9.17) is 4.74 Å². The van der Waals surface area contributed by atoms with E-state index in [-0.39, 0.29) is 5.91 Å². The molecule has 0 aromatic rings. The highest BCUT2D eigenvalue weighted by Gasteiger charge is 2.24. The second-order valence-corrected chi connectivity index (χ2v) is 5.43. The van der Waals surface area contributed by atoms with Crippen LogP contribution in [0.4, 0.5) is 0 Å². The summed E-state index contributed by atoms with van der Waals surface area (Å²) in [4.78, 5) is 11.9. The number of nitrogens with one attached hydrogen (secondary N) is 2. The molecule has 3 unspecified atom stereocenters. The maximum Gasteiger partial charge on any atom is 0.220 e. The monoisotopic (exact) mass is 240 g/mol. The van der Waals surface area contributed by atoms with Gasteiger partial charge in [0.05, 0.1) is 6.61 Å². The SMILES string of the molecule is CC1COCCC1NC(=O)CC1CCCNC1. The van der Waals surface area contributed by atoms with Crippen LogP contribution < -0.4 is 10.6 Å². The molecule has 0 spiro atoms. The summed E-state index contributed by atoms with van der Waals surface area (Å²) in [6, 6.07) is 0.313. The predicted octanol–water partition coefficient (Wildman–Crippen LogP) is 0.917. The first-order valence-corrected chi connectivity index (χ1v) is 6.83. The first kappa shape index (κ1) is 12.8. The average Bonchev–Trinajstić information content (AvgIpc) is 2.33. The van der Waals surface area contributed by atoms with E-state index in [2.05, 4.69) is 17.6 Å². The number of amides is 1. The molecule has 4 nitrogen and oxygen atoms in total. The Bertz CT molecular complexity index is 252. The van der Waals surface area contributed by atoms with Gasteiger partial charge in [-0.15, -0.1) is 0 Å². The maximum absolute atomic E-state index is 11.9. The van der Waals surface area contributed by atoms with Crippen LogP contribution in [0.2, 0.25) is 0 Å². The van der Waals surface area contributed by atoms with Gasteiger partial charge in [-0.1, -0.05) is 6.92 Å². The molecule has 17 heavy (non-hydrogen) atoms. The Morgan fingerprint density at radius 3 is 3.06 bits per heavy atom. The standard InChI is InChI=1S/C13H24N2O2/c1-10-9-17-6-4-12(10)15-13(16)7-11-3-2-5-14-8-11/h10-12,14H,2-9H2,1H3,(H,15,16). The first-order chi connectivity index (χ1) is 8.25. The van der Waals surface area contributed by atoms with Gasteiger partial charge in [0.15, 0.2) is 0 Å². The fraction of sp³-hybridized carbons (Fsp3) is 0.923. The van der Waals surface area contributed by atoms with E-state index in [0.717, 1.165) is 32.7 Å². The molecular formula is C13H24N2O2. The number of hydrogen-bond acceptors (Lipinski definition) is 3. The molecule has 2 heterocycles. The fourth-order valence-electron chi connectivity index (χ4n) is 2.72. The average molecular weight is 240 g/mol. The van der Waals surface area contributed by atoms with E-state index in [1.807, 2.05) is 0 Å². The quantitative estimate of drug-likeness (QED) is 0.771. The minimum Gasteiger partial charge on any atom is -0.381 e. The van der Waals surface area contributed by atoms with E-state index >= 15 is 0 Å². The van der Waals surface area contributed by atoms with Gasteiger partial charge < -0.3 is 15.4 Å². The Balaban J connectivity index is 1.72. The van der Waals surface area contributed by atoms with Crippen molar-refractivity contribution >= 4 is 5.91 Å². The number of carbonyl (C=O) groups excluding carboxylic acids is 1.